The zero-order valence-electron chi connectivity index (χ0n) is 15.9. The number of carbonyl (C=O) groups excluding carboxylic acids is 2. The van der Waals surface area contributed by atoms with E-state index in [0.717, 1.165) is 11.1 Å². The molecule has 0 heterocycles. The number of nitrogens with one attached hydrogen (secondary N) is 2. The average molecular weight is 370 g/mol. The van der Waals surface area contributed by atoms with Crippen LogP contribution in [0.5, 0.6) is 5.75 Å². The number of hydrogen-bond acceptors (Lipinski definition) is 4. The molecule has 3 N–H and O–H groups in total. The highest BCUT2D eigenvalue weighted by Crippen LogP contribution is 2.25. The maximum atomic E-state index is 12.1. The minimum atomic E-state index is -1.12. The van der Waals surface area contributed by atoms with Crippen molar-refractivity contribution in [2.45, 2.75) is 32.3 Å². The Bertz CT molecular complexity index is 788. The molecule has 0 saturated carbocycles. The third-order valence-electron chi connectivity index (χ3n) is 4.23. The standard InChI is InChI=1S/C21H26N2O4/c1-15-9-10-18(27-3)17(13-15)23-20(25)19(24)22-14-21(2,26)12-11-16-7-5-4-6-8-16/h4-10,13,26H,11-12,14H2,1-3H3,(H,22,24)(H,23,25)/t21-/m1/s1. The number of hydrogen-bond donors (Lipinski definition) is 3. The molecule has 6 nitrogen and oxygen atoms in total. The molecule has 0 aliphatic heterocycles. The predicted octanol–water partition coefficient (Wildman–Crippen LogP) is 2.44. The van der Waals surface area contributed by atoms with Crippen molar-refractivity contribution < 1.29 is 19.4 Å². The molecule has 27 heavy (non-hydrogen) atoms. The molecule has 2 rings (SSSR count). The van der Waals surface area contributed by atoms with Crippen LogP contribution in [0.3, 0.4) is 0 Å². The summed E-state index contributed by atoms with van der Waals surface area (Å²) in [4.78, 5) is 24.2. The fourth-order valence-electron chi connectivity index (χ4n) is 2.60. The fraction of sp³-hybridized carbons (Fsp3) is 0.333. The Morgan fingerprint density at radius 1 is 1.11 bits per heavy atom. The van der Waals surface area contributed by atoms with Crippen LogP contribution in [0.1, 0.15) is 24.5 Å². The van der Waals surface area contributed by atoms with E-state index in [0.29, 0.717) is 24.3 Å². The largest absolute Gasteiger partial charge is 0.495 e. The van der Waals surface area contributed by atoms with Gasteiger partial charge >= 0.3 is 11.8 Å². The molecule has 0 fully saturated rings. The van der Waals surface area contributed by atoms with E-state index >= 15 is 0 Å². The lowest BCUT2D eigenvalue weighted by Gasteiger charge is -2.23. The Labute approximate surface area is 159 Å². The van der Waals surface area contributed by atoms with Gasteiger partial charge in [0.1, 0.15) is 5.75 Å². The summed E-state index contributed by atoms with van der Waals surface area (Å²) in [5.74, 6) is -1.15. The Balaban J connectivity index is 1.87. The lowest BCUT2D eigenvalue weighted by Crippen LogP contribution is -2.44. The van der Waals surface area contributed by atoms with Crippen LogP contribution in [-0.4, -0.2) is 36.2 Å². The van der Waals surface area contributed by atoms with E-state index in [1.165, 1.54) is 7.11 Å². The normalized spacial score (nSPS) is 12.7. The van der Waals surface area contributed by atoms with Crippen LogP contribution in [0.2, 0.25) is 0 Å². The van der Waals surface area contributed by atoms with Gasteiger partial charge in [0, 0.05) is 6.54 Å². The van der Waals surface area contributed by atoms with Gasteiger partial charge in [-0.1, -0.05) is 36.4 Å². The molecular weight excluding hydrogens is 344 g/mol. The average Bonchev–Trinajstić information content (AvgIpc) is 2.65. The zero-order chi connectivity index (χ0) is 19.9. The van der Waals surface area contributed by atoms with Crippen molar-refractivity contribution >= 4 is 17.5 Å². The molecule has 0 aromatic heterocycles. The SMILES string of the molecule is COc1ccc(C)cc1NC(=O)C(=O)NC[C@](C)(O)CCc1ccccc1. The second kappa shape index (κ2) is 9.19. The van der Waals surface area contributed by atoms with Gasteiger partial charge in [0.15, 0.2) is 0 Å². The van der Waals surface area contributed by atoms with Crippen molar-refractivity contribution in [3.05, 3.63) is 59.7 Å². The lowest BCUT2D eigenvalue weighted by atomic mass is 9.97. The van der Waals surface area contributed by atoms with Gasteiger partial charge in [-0.25, -0.2) is 0 Å². The molecule has 0 radical (unpaired) electrons. The van der Waals surface area contributed by atoms with Crippen LogP contribution in [0.4, 0.5) is 5.69 Å². The van der Waals surface area contributed by atoms with Gasteiger partial charge in [0.05, 0.1) is 18.4 Å². The van der Waals surface area contributed by atoms with Crippen LogP contribution in [0.15, 0.2) is 48.5 Å². The van der Waals surface area contributed by atoms with Crippen LogP contribution in [0, 0.1) is 6.92 Å². The number of benzene rings is 2. The molecule has 0 saturated heterocycles. The van der Waals surface area contributed by atoms with Crippen molar-refractivity contribution in [1.82, 2.24) is 5.32 Å². The fourth-order valence-corrected chi connectivity index (χ4v) is 2.60. The number of methoxy groups -OCH3 is 1. The summed E-state index contributed by atoms with van der Waals surface area (Å²) in [6.07, 6.45) is 1.14. The Morgan fingerprint density at radius 2 is 1.81 bits per heavy atom. The summed E-state index contributed by atoms with van der Waals surface area (Å²) >= 11 is 0. The number of anilines is 1. The Hall–Kier alpha value is -2.86. The van der Waals surface area contributed by atoms with E-state index in [1.54, 1.807) is 19.1 Å². The van der Waals surface area contributed by atoms with Crippen LogP contribution in [-0.2, 0) is 16.0 Å². The third-order valence-corrected chi connectivity index (χ3v) is 4.23. The molecule has 0 aliphatic rings. The molecule has 6 heteroatoms. The molecule has 2 aromatic rings. The third kappa shape index (κ3) is 6.42. The number of amides is 2. The van der Waals surface area contributed by atoms with Gasteiger partial charge in [-0.2, -0.15) is 0 Å². The quantitative estimate of drug-likeness (QED) is 0.653. The van der Waals surface area contributed by atoms with Crippen molar-refractivity contribution in [1.29, 1.82) is 0 Å². The zero-order valence-corrected chi connectivity index (χ0v) is 15.9. The molecule has 2 aromatic carbocycles. The van der Waals surface area contributed by atoms with E-state index in [1.807, 2.05) is 43.3 Å². The molecule has 0 spiro atoms. The Morgan fingerprint density at radius 3 is 2.48 bits per heavy atom. The van der Waals surface area contributed by atoms with Gasteiger partial charge in [-0.05, 0) is 49.9 Å². The summed E-state index contributed by atoms with van der Waals surface area (Å²) in [6.45, 7) is 3.49. The molecule has 0 aliphatic carbocycles. The lowest BCUT2D eigenvalue weighted by molar-refractivity contribution is -0.136. The monoisotopic (exact) mass is 370 g/mol. The minimum Gasteiger partial charge on any atom is -0.495 e. The number of ether oxygens (including phenoxy) is 1. The highest BCUT2D eigenvalue weighted by Gasteiger charge is 2.23. The first-order chi connectivity index (χ1) is 12.8. The van der Waals surface area contributed by atoms with E-state index < -0.39 is 17.4 Å². The van der Waals surface area contributed by atoms with Gasteiger partial charge < -0.3 is 20.5 Å². The first kappa shape index (κ1) is 20.5. The molecule has 0 unspecified atom stereocenters. The van der Waals surface area contributed by atoms with Crippen LogP contribution in [0.25, 0.3) is 0 Å². The summed E-state index contributed by atoms with van der Waals surface area (Å²) in [7, 11) is 1.49. The second-order valence-electron chi connectivity index (χ2n) is 6.82. The van der Waals surface area contributed by atoms with Gasteiger partial charge in [-0.3, -0.25) is 9.59 Å². The molecule has 1 atom stereocenters. The number of rotatable bonds is 7. The van der Waals surface area contributed by atoms with Crippen molar-refractivity contribution in [3.63, 3.8) is 0 Å². The van der Waals surface area contributed by atoms with E-state index in [4.69, 9.17) is 4.74 Å². The van der Waals surface area contributed by atoms with E-state index in [-0.39, 0.29) is 6.54 Å². The van der Waals surface area contributed by atoms with E-state index in [2.05, 4.69) is 10.6 Å². The van der Waals surface area contributed by atoms with Crippen LogP contribution < -0.4 is 15.4 Å². The van der Waals surface area contributed by atoms with Gasteiger partial charge in [0.25, 0.3) is 0 Å². The smallest absolute Gasteiger partial charge is 0.313 e. The van der Waals surface area contributed by atoms with E-state index in [9.17, 15) is 14.7 Å². The molecule has 2 amide bonds. The highest BCUT2D eigenvalue weighted by molar-refractivity contribution is 6.39. The molecule has 144 valence electrons. The predicted molar refractivity (Wildman–Crippen MR) is 105 cm³/mol. The van der Waals surface area contributed by atoms with Gasteiger partial charge in [-0.15, -0.1) is 0 Å². The second-order valence-corrected chi connectivity index (χ2v) is 6.82. The summed E-state index contributed by atoms with van der Waals surface area (Å²) in [6, 6.07) is 15.1. The van der Waals surface area contributed by atoms with Crippen LogP contribution >= 0.6 is 0 Å². The number of aliphatic hydroxyl groups is 1. The van der Waals surface area contributed by atoms with Crippen molar-refractivity contribution in [2.24, 2.45) is 0 Å². The number of aryl methyl sites for hydroxylation is 2. The van der Waals surface area contributed by atoms with Crippen molar-refractivity contribution in [3.8, 4) is 5.75 Å². The summed E-state index contributed by atoms with van der Waals surface area (Å²) in [5.41, 5.74) is 1.34. The molecular formula is C21H26N2O4. The van der Waals surface area contributed by atoms with Gasteiger partial charge in [0.2, 0.25) is 0 Å². The maximum absolute atomic E-state index is 12.1. The summed E-state index contributed by atoms with van der Waals surface area (Å²) < 4.78 is 5.18. The first-order valence-corrected chi connectivity index (χ1v) is 8.81. The topological polar surface area (TPSA) is 87.7 Å². The van der Waals surface area contributed by atoms with Crippen molar-refractivity contribution in [2.75, 3.05) is 19.0 Å². The Kier molecular flexibility index (Phi) is 6.96. The molecule has 0 bridgehead atoms. The maximum Gasteiger partial charge on any atom is 0.313 e. The first-order valence-electron chi connectivity index (χ1n) is 8.81. The minimum absolute atomic E-state index is 0.0168. The highest BCUT2D eigenvalue weighted by atomic mass is 16.5. The number of carbonyl (C=O) groups is 2. The summed E-state index contributed by atoms with van der Waals surface area (Å²) in [5, 5.41) is 15.5.